The second kappa shape index (κ2) is 5.72. The van der Waals surface area contributed by atoms with Gasteiger partial charge in [0.15, 0.2) is 0 Å². The molecule has 7 nitrogen and oxygen atoms in total. The number of hydrogen-bond acceptors (Lipinski definition) is 5. The molecule has 7 heteroatoms. The molecule has 0 radical (unpaired) electrons. The standard InChI is InChI=1S/C19H19N3O4/c1-11-17(23)22(18(24)21-11)15-8-7-12(9-20-15)26-14-6-4-5-13-16(14)19(2,3)10-25-13/h4-9,11H,10H2,1-3H3,(H,21,24)/t11-/m0/s1. The normalized spacial score (nSPS) is 20.6. The Hall–Kier alpha value is -3.09. The third-order valence-corrected chi connectivity index (χ3v) is 4.56. The van der Waals surface area contributed by atoms with E-state index in [1.807, 2.05) is 18.2 Å². The van der Waals surface area contributed by atoms with Crippen LogP contribution in [0.2, 0.25) is 0 Å². The number of imide groups is 1. The van der Waals surface area contributed by atoms with Crippen LogP contribution in [-0.4, -0.2) is 29.6 Å². The smallest absolute Gasteiger partial charge is 0.330 e. The van der Waals surface area contributed by atoms with Crippen LogP contribution >= 0.6 is 0 Å². The number of nitrogens with one attached hydrogen (secondary N) is 1. The lowest BCUT2D eigenvalue weighted by molar-refractivity contribution is -0.118. The first-order chi connectivity index (χ1) is 12.4. The molecule has 2 aliphatic heterocycles. The van der Waals surface area contributed by atoms with E-state index in [1.165, 1.54) is 6.20 Å². The highest BCUT2D eigenvalue weighted by atomic mass is 16.5. The summed E-state index contributed by atoms with van der Waals surface area (Å²) in [6, 6.07) is 7.97. The van der Waals surface area contributed by atoms with Crippen molar-refractivity contribution in [2.75, 3.05) is 11.5 Å². The van der Waals surface area contributed by atoms with Crippen molar-refractivity contribution in [2.45, 2.75) is 32.2 Å². The maximum atomic E-state index is 12.0. The number of carbonyl (C=O) groups is 2. The summed E-state index contributed by atoms with van der Waals surface area (Å²) in [6.45, 7) is 6.44. The van der Waals surface area contributed by atoms with Crippen LogP contribution in [0.25, 0.3) is 0 Å². The molecule has 0 unspecified atom stereocenters. The van der Waals surface area contributed by atoms with Gasteiger partial charge in [-0.15, -0.1) is 0 Å². The van der Waals surface area contributed by atoms with E-state index < -0.39 is 12.1 Å². The molecule has 2 aromatic rings. The molecule has 1 fully saturated rings. The Morgan fingerprint density at radius 3 is 2.73 bits per heavy atom. The predicted octanol–water partition coefficient (Wildman–Crippen LogP) is 2.99. The third-order valence-electron chi connectivity index (χ3n) is 4.56. The number of amides is 3. The number of aromatic nitrogens is 1. The van der Waals surface area contributed by atoms with Gasteiger partial charge in [0.2, 0.25) is 0 Å². The minimum atomic E-state index is -0.547. The Labute approximate surface area is 150 Å². The lowest BCUT2D eigenvalue weighted by atomic mass is 9.86. The van der Waals surface area contributed by atoms with E-state index in [4.69, 9.17) is 9.47 Å². The number of carbonyl (C=O) groups excluding carboxylic acids is 2. The van der Waals surface area contributed by atoms with Crippen molar-refractivity contribution in [3.05, 3.63) is 42.1 Å². The quantitative estimate of drug-likeness (QED) is 0.858. The highest BCUT2D eigenvalue weighted by Crippen LogP contribution is 2.45. The van der Waals surface area contributed by atoms with E-state index in [2.05, 4.69) is 24.1 Å². The molecule has 4 rings (SSSR count). The fourth-order valence-electron chi connectivity index (χ4n) is 3.23. The number of nitrogens with zero attached hydrogens (tertiary/aromatic N) is 2. The van der Waals surface area contributed by atoms with Crippen LogP contribution in [0, 0.1) is 0 Å². The first-order valence-corrected chi connectivity index (χ1v) is 8.41. The Bertz CT molecular complexity index is 892. The maximum absolute atomic E-state index is 12.0. The van der Waals surface area contributed by atoms with Crippen LogP contribution < -0.4 is 19.7 Å². The molecule has 0 saturated carbocycles. The Balaban J connectivity index is 1.60. The van der Waals surface area contributed by atoms with Gasteiger partial charge in [-0.2, -0.15) is 0 Å². The monoisotopic (exact) mass is 353 g/mol. The molecular weight excluding hydrogens is 334 g/mol. The number of benzene rings is 1. The average molecular weight is 353 g/mol. The van der Waals surface area contributed by atoms with Gasteiger partial charge < -0.3 is 14.8 Å². The van der Waals surface area contributed by atoms with E-state index in [1.54, 1.807) is 19.1 Å². The molecule has 1 aromatic heterocycles. The number of ether oxygens (including phenoxy) is 2. The molecule has 1 saturated heterocycles. The van der Waals surface area contributed by atoms with Crippen LogP contribution in [0.4, 0.5) is 10.6 Å². The first-order valence-electron chi connectivity index (χ1n) is 8.41. The minimum Gasteiger partial charge on any atom is -0.492 e. The summed E-state index contributed by atoms with van der Waals surface area (Å²) >= 11 is 0. The first kappa shape index (κ1) is 16.4. The zero-order valence-corrected chi connectivity index (χ0v) is 14.8. The second-order valence-corrected chi connectivity index (χ2v) is 7.10. The molecule has 2 aliphatic rings. The summed E-state index contributed by atoms with van der Waals surface area (Å²) < 4.78 is 11.7. The van der Waals surface area contributed by atoms with Gasteiger partial charge in [0, 0.05) is 11.0 Å². The molecule has 0 bridgehead atoms. The Kier molecular flexibility index (Phi) is 3.61. The van der Waals surface area contributed by atoms with Crippen molar-refractivity contribution >= 4 is 17.8 Å². The van der Waals surface area contributed by atoms with E-state index in [9.17, 15) is 9.59 Å². The van der Waals surface area contributed by atoms with Gasteiger partial charge in [-0.25, -0.2) is 14.7 Å². The van der Waals surface area contributed by atoms with Gasteiger partial charge in [-0.3, -0.25) is 4.79 Å². The van der Waals surface area contributed by atoms with Gasteiger partial charge in [0.05, 0.1) is 12.8 Å². The molecule has 3 heterocycles. The topological polar surface area (TPSA) is 80.8 Å². The Morgan fingerprint density at radius 2 is 2.08 bits per heavy atom. The van der Waals surface area contributed by atoms with Gasteiger partial charge in [-0.05, 0) is 31.2 Å². The van der Waals surface area contributed by atoms with Crippen LogP contribution in [-0.2, 0) is 10.2 Å². The summed E-state index contributed by atoms with van der Waals surface area (Å²) in [7, 11) is 0. The fourth-order valence-corrected chi connectivity index (χ4v) is 3.23. The highest BCUT2D eigenvalue weighted by Gasteiger charge is 2.37. The number of urea groups is 1. The molecule has 1 N–H and O–H groups in total. The molecule has 3 amide bonds. The zero-order valence-electron chi connectivity index (χ0n) is 14.8. The fraction of sp³-hybridized carbons (Fsp3) is 0.316. The van der Waals surface area contributed by atoms with E-state index in [-0.39, 0.29) is 17.1 Å². The number of hydrogen-bond donors (Lipinski definition) is 1. The van der Waals surface area contributed by atoms with Gasteiger partial charge >= 0.3 is 6.03 Å². The molecule has 134 valence electrons. The number of pyridine rings is 1. The minimum absolute atomic E-state index is 0.143. The van der Waals surface area contributed by atoms with Crippen molar-refractivity contribution in [3.8, 4) is 17.2 Å². The van der Waals surface area contributed by atoms with Crippen molar-refractivity contribution < 1.29 is 19.1 Å². The van der Waals surface area contributed by atoms with Crippen molar-refractivity contribution in [3.63, 3.8) is 0 Å². The SMILES string of the molecule is C[C@@H]1NC(=O)N(c2ccc(Oc3cccc4c3C(C)(C)CO4)cn2)C1=O. The number of anilines is 1. The summed E-state index contributed by atoms with van der Waals surface area (Å²) in [6.07, 6.45) is 1.50. The van der Waals surface area contributed by atoms with Crippen LogP contribution in [0.15, 0.2) is 36.5 Å². The summed E-state index contributed by atoms with van der Waals surface area (Å²) in [5.74, 6) is 2.00. The maximum Gasteiger partial charge on any atom is 0.330 e. The van der Waals surface area contributed by atoms with Crippen molar-refractivity contribution in [2.24, 2.45) is 0 Å². The predicted molar refractivity (Wildman–Crippen MR) is 94.8 cm³/mol. The van der Waals surface area contributed by atoms with Gasteiger partial charge in [0.1, 0.15) is 29.1 Å². The van der Waals surface area contributed by atoms with Gasteiger partial charge in [0.25, 0.3) is 5.91 Å². The lowest BCUT2D eigenvalue weighted by Crippen LogP contribution is -2.31. The average Bonchev–Trinajstić information content (AvgIpc) is 3.05. The van der Waals surface area contributed by atoms with E-state index in [0.717, 1.165) is 16.2 Å². The second-order valence-electron chi connectivity index (χ2n) is 7.10. The van der Waals surface area contributed by atoms with Crippen molar-refractivity contribution in [1.82, 2.24) is 10.3 Å². The van der Waals surface area contributed by atoms with Crippen molar-refractivity contribution in [1.29, 1.82) is 0 Å². The third kappa shape index (κ3) is 2.56. The number of fused-ring (bicyclic) bond motifs is 1. The van der Waals surface area contributed by atoms with E-state index in [0.29, 0.717) is 18.1 Å². The molecule has 26 heavy (non-hydrogen) atoms. The van der Waals surface area contributed by atoms with Gasteiger partial charge in [-0.1, -0.05) is 19.9 Å². The molecule has 1 atom stereocenters. The summed E-state index contributed by atoms with van der Waals surface area (Å²) in [4.78, 5) is 29.2. The molecule has 0 spiro atoms. The van der Waals surface area contributed by atoms with E-state index >= 15 is 0 Å². The Morgan fingerprint density at radius 1 is 1.27 bits per heavy atom. The zero-order chi connectivity index (χ0) is 18.5. The summed E-state index contributed by atoms with van der Waals surface area (Å²) in [5, 5.41) is 2.56. The largest absolute Gasteiger partial charge is 0.492 e. The van der Waals surface area contributed by atoms with Crippen LogP contribution in [0.5, 0.6) is 17.2 Å². The lowest BCUT2D eigenvalue weighted by Gasteiger charge is -2.19. The molecule has 1 aromatic carbocycles. The van der Waals surface area contributed by atoms with Crippen LogP contribution in [0.1, 0.15) is 26.3 Å². The molecule has 0 aliphatic carbocycles. The highest BCUT2D eigenvalue weighted by molar-refractivity contribution is 6.20. The summed E-state index contributed by atoms with van der Waals surface area (Å²) in [5.41, 5.74) is 0.877. The molecular formula is C19H19N3O4. The number of rotatable bonds is 3. The van der Waals surface area contributed by atoms with Crippen LogP contribution in [0.3, 0.4) is 0 Å².